The minimum Gasteiger partial charge on any atom is -0.497 e. The summed E-state index contributed by atoms with van der Waals surface area (Å²) in [5, 5.41) is 2.88. The molecule has 0 radical (unpaired) electrons. The van der Waals surface area contributed by atoms with Gasteiger partial charge in [0.2, 0.25) is 5.91 Å². The van der Waals surface area contributed by atoms with Crippen molar-refractivity contribution in [1.82, 2.24) is 4.98 Å². The molecule has 2 heterocycles. The molecule has 6 heteroatoms. The lowest BCUT2D eigenvalue weighted by molar-refractivity contribution is -0.117. The molecule has 1 aromatic carbocycles. The molecule has 1 amide bonds. The van der Waals surface area contributed by atoms with Gasteiger partial charge in [0.05, 0.1) is 19.0 Å². The number of carbonyl (C=O) groups excluding carboxylic acids is 1. The third-order valence-electron chi connectivity index (χ3n) is 5.03. The second-order valence-corrected chi connectivity index (χ2v) is 6.84. The largest absolute Gasteiger partial charge is 0.497 e. The van der Waals surface area contributed by atoms with Crippen molar-refractivity contribution in [2.75, 3.05) is 48.4 Å². The number of hydrogen-bond acceptors (Lipinski definition) is 5. The predicted octanol–water partition coefficient (Wildman–Crippen LogP) is 2.77. The topological polar surface area (TPSA) is 57.7 Å². The van der Waals surface area contributed by atoms with Gasteiger partial charge in [0.25, 0.3) is 0 Å². The van der Waals surface area contributed by atoms with E-state index in [1.54, 1.807) is 7.11 Å². The number of benzene rings is 1. The molecule has 0 atom stereocenters. The van der Waals surface area contributed by atoms with Crippen molar-refractivity contribution in [3.63, 3.8) is 0 Å². The Hall–Kier alpha value is -2.76. The van der Waals surface area contributed by atoms with Crippen LogP contribution in [0.2, 0.25) is 0 Å². The molecule has 1 saturated carbocycles. The maximum atomic E-state index is 11.8. The van der Waals surface area contributed by atoms with Gasteiger partial charge in [-0.15, -0.1) is 0 Å². The summed E-state index contributed by atoms with van der Waals surface area (Å²) >= 11 is 0. The van der Waals surface area contributed by atoms with E-state index in [-0.39, 0.29) is 11.8 Å². The Bertz CT molecular complexity index is 748. The van der Waals surface area contributed by atoms with E-state index in [2.05, 4.69) is 32.2 Å². The van der Waals surface area contributed by atoms with Gasteiger partial charge in [-0.2, -0.15) is 0 Å². The lowest BCUT2D eigenvalue weighted by Crippen LogP contribution is -2.46. The molecular formula is C20H24N4O2. The summed E-state index contributed by atoms with van der Waals surface area (Å²) in [6.07, 6.45) is 3.86. The zero-order valence-electron chi connectivity index (χ0n) is 15.0. The van der Waals surface area contributed by atoms with Crippen molar-refractivity contribution in [2.24, 2.45) is 5.92 Å². The number of piperazine rings is 1. The number of hydrogen-bond donors (Lipinski definition) is 1. The maximum Gasteiger partial charge on any atom is 0.228 e. The maximum absolute atomic E-state index is 11.8. The Kier molecular flexibility index (Phi) is 4.65. The number of methoxy groups -OCH3 is 1. The highest BCUT2D eigenvalue weighted by atomic mass is 16.5. The highest BCUT2D eigenvalue weighted by molar-refractivity contribution is 5.93. The van der Waals surface area contributed by atoms with Gasteiger partial charge in [-0.25, -0.2) is 4.98 Å². The fourth-order valence-electron chi connectivity index (χ4n) is 3.24. The Morgan fingerprint density at radius 3 is 2.15 bits per heavy atom. The fraction of sp³-hybridized carbons (Fsp3) is 0.400. The standard InChI is InChI=1S/C20H24N4O2/c1-26-18-7-4-16(5-8-18)23-10-12-24(13-11-23)17-6-9-19(21-14-17)22-20(25)15-2-3-15/h4-9,14-15H,2-3,10-13H2,1H3,(H,21,22,25). The van der Waals surface area contributed by atoms with Gasteiger partial charge in [0, 0.05) is 37.8 Å². The lowest BCUT2D eigenvalue weighted by Gasteiger charge is -2.37. The van der Waals surface area contributed by atoms with E-state index in [0.717, 1.165) is 50.5 Å². The summed E-state index contributed by atoms with van der Waals surface area (Å²) in [5.41, 5.74) is 2.32. The minimum atomic E-state index is 0.0957. The van der Waals surface area contributed by atoms with Crippen LogP contribution in [0.4, 0.5) is 17.2 Å². The molecule has 0 bridgehead atoms. The molecular weight excluding hydrogens is 328 g/mol. The number of aromatic nitrogens is 1. The summed E-state index contributed by atoms with van der Waals surface area (Å²) in [7, 11) is 1.68. The summed E-state index contributed by atoms with van der Waals surface area (Å²) in [6.45, 7) is 3.82. The molecule has 0 spiro atoms. The first-order chi connectivity index (χ1) is 12.7. The molecule has 1 aliphatic heterocycles. The first kappa shape index (κ1) is 16.7. The predicted molar refractivity (Wildman–Crippen MR) is 103 cm³/mol. The van der Waals surface area contributed by atoms with Crippen LogP contribution in [0.15, 0.2) is 42.6 Å². The van der Waals surface area contributed by atoms with E-state index in [1.165, 1.54) is 5.69 Å². The Labute approximate surface area is 153 Å². The van der Waals surface area contributed by atoms with Crippen molar-refractivity contribution in [1.29, 1.82) is 0 Å². The monoisotopic (exact) mass is 352 g/mol. The van der Waals surface area contributed by atoms with Gasteiger partial charge in [0.15, 0.2) is 0 Å². The second kappa shape index (κ2) is 7.23. The van der Waals surface area contributed by atoms with E-state index in [1.807, 2.05) is 30.5 Å². The summed E-state index contributed by atoms with van der Waals surface area (Å²) in [5.74, 6) is 1.82. The third-order valence-corrected chi connectivity index (χ3v) is 5.03. The highest BCUT2D eigenvalue weighted by Crippen LogP contribution is 2.30. The summed E-state index contributed by atoms with van der Waals surface area (Å²) in [6, 6.07) is 12.1. The molecule has 1 aromatic heterocycles. The number of amides is 1. The van der Waals surface area contributed by atoms with Crippen LogP contribution in [0.1, 0.15) is 12.8 Å². The van der Waals surface area contributed by atoms with Crippen LogP contribution in [0.25, 0.3) is 0 Å². The first-order valence-corrected chi connectivity index (χ1v) is 9.14. The van der Waals surface area contributed by atoms with E-state index >= 15 is 0 Å². The molecule has 0 unspecified atom stereocenters. The molecule has 2 aromatic rings. The van der Waals surface area contributed by atoms with Crippen LogP contribution in [0, 0.1) is 5.92 Å². The SMILES string of the molecule is COc1ccc(N2CCN(c3ccc(NC(=O)C4CC4)nc3)CC2)cc1. The zero-order valence-corrected chi connectivity index (χ0v) is 15.0. The molecule has 2 aliphatic rings. The smallest absolute Gasteiger partial charge is 0.228 e. The van der Waals surface area contributed by atoms with E-state index in [4.69, 9.17) is 4.74 Å². The van der Waals surface area contributed by atoms with Gasteiger partial charge in [0.1, 0.15) is 11.6 Å². The molecule has 26 heavy (non-hydrogen) atoms. The minimum absolute atomic E-state index is 0.0957. The molecule has 1 saturated heterocycles. The highest BCUT2D eigenvalue weighted by Gasteiger charge is 2.29. The van der Waals surface area contributed by atoms with Crippen LogP contribution in [0.5, 0.6) is 5.75 Å². The van der Waals surface area contributed by atoms with Crippen LogP contribution < -0.4 is 19.9 Å². The number of carbonyl (C=O) groups is 1. The average Bonchev–Trinajstić information content (AvgIpc) is 3.54. The van der Waals surface area contributed by atoms with Gasteiger partial charge < -0.3 is 19.9 Å². The Morgan fingerprint density at radius 1 is 1.00 bits per heavy atom. The van der Waals surface area contributed by atoms with Gasteiger partial charge in [-0.3, -0.25) is 4.79 Å². The molecule has 1 aliphatic carbocycles. The van der Waals surface area contributed by atoms with Crippen molar-refractivity contribution >= 4 is 23.1 Å². The zero-order chi connectivity index (χ0) is 17.9. The summed E-state index contributed by atoms with van der Waals surface area (Å²) in [4.78, 5) is 20.9. The number of nitrogens with one attached hydrogen (secondary N) is 1. The first-order valence-electron chi connectivity index (χ1n) is 9.14. The summed E-state index contributed by atoms with van der Waals surface area (Å²) < 4.78 is 5.22. The molecule has 136 valence electrons. The number of pyridine rings is 1. The quantitative estimate of drug-likeness (QED) is 0.897. The molecule has 2 fully saturated rings. The fourth-order valence-corrected chi connectivity index (χ4v) is 3.24. The van der Waals surface area contributed by atoms with Crippen molar-refractivity contribution in [3.05, 3.63) is 42.6 Å². The van der Waals surface area contributed by atoms with Crippen molar-refractivity contribution in [2.45, 2.75) is 12.8 Å². The Morgan fingerprint density at radius 2 is 1.62 bits per heavy atom. The molecule has 1 N–H and O–H groups in total. The molecule has 4 rings (SSSR count). The second-order valence-electron chi connectivity index (χ2n) is 6.84. The van der Waals surface area contributed by atoms with E-state index in [0.29, 0.717) is 5.82 Å². The van der Waals surface area contributed by atoms with Crippen LogP contribution >= 0.6 is 0 Å². The van der Waals surface area contributed by atoms with Gasteiger partial charge in [-0.05, 0) is 49.2 Å². The van der Waals surface area contributed by atoms with Crippen molar-refractivity contribution in [3.8, 4) is 5.75 Å². The third kappa shape index (κ3) is 3.74. The van der Waals surface area contributed by atoms with E-state index in [9.17, 15) is 4.79 Å². The lowest BCUT2D eigenvalue weighted by atomic mass is 10.2. The number of anilines is 3. The van der Waals surface area contributed by atoms with E-state index < -0.39 is 0 Å². The Balaban J connectivity index is 1.32. The van der Waals surface area contributed by atoms with Crippen LogP contribution in [0.3, 0.4) is 0 Å². The van der Waals surface area contributed by atoms with Crippen LogP contribution in [-0.2, 0) is 4.79 Å². The average molecular weight is 352 g/mol. The van der Waals surface area contributed by atoms with Crippen molar-refractivity contribution < 1.29 is 9.53 Å². The number of rotatable bonds is 5. The molecule has 6 nitrogen and oxygen atoms in total. The van der Waals surface area contributed by atoms with Crippen LogP contribution in [-0.4, -0.2) is 44.2 Å². The van der Waals surface area contributed by atoms with Gasteiger partial charge in [-0.1, -0.05) is 0 Å². The number of ether oxygens (including phenoxy) is 1. The number of nitrogens with zero attached hydrogens (tertiary/aromatic N) is 3. The normalized spacial score (nSPS) is 17.1. The van der Waals surface area contributed by atoms with Gasteiger partial charge >= 0.3 is 0 Å².